The first-order chi connectivity index (χ1) is 9.92. The van der Waals surface area contributed by atoms with Gasteiger partial charge in [0.1, 0.15) is 0 Å². The zero-order valence-electron chi connectivity index (χ0n) is 11.9. The fourth-order valence-electron chi connectivity index (χ4n) is 1.61. The molecule has 0 amide bonds. The molecule has 1 unspecified atom stereocenters. The number of ether oxygens (including phenoxy) is 1. The fourth-order valence-corrected chi connectivity index (χ4v) is 3.22. The van der Waals surface area contributed by atoms with Gasteiger partial charge in [0.2, 0.25) is 0 Å². The van der Waals surface area contributed by atoms with Gasteiger partial charge in [-0.1, -0.05) is 18.0 Å². The van der Waals surface area contributed by atoms with Crippen LogP contribution in [0.3, 0.4) is 0 Å². The van der Waals surface area contributed by atoms with E-state index >= 15 is 0 Å². The normalized spacial score (nSPS) is 13.6. The van der Waals surface area contributed by atoms with E-state index in [-0.39, 0.29) is 5.97 Å². The van der Waals surface area contributed by atoms with Crippen molar-refractivity contribution < 1.29 is 17.9 Å². The molecule has 0 spiro atoms. The minimum Gasteiger partial charge on any atom is -0.466 e. The lowest BCUT2D eigenvalue weighted by Crippen LogP contribution is -2.06. The van der Waals surface area contributed by atoms with Crippen LogP contribution in [-0.2, 0) is 33.7 Å². The molecule has 0 aliphatic heterocycles. The Bertz CT molecular complexity index is 541. The van der Waals surface area contributed by atoms with Gasteiger partial charge in [0.25, 0.3) is 0 Å². The third kappa shape index (κ3) is 7.76. The third-order valence-corrected chi connectivity index (χ3v) is 5.13. The number of rotatable bonds is 9. The Labute approximate surface area is 135 Å². The molecule has 0 aliphatic rings. The molecule has 0 heterocycles. The first-order valence-corrected chi connectivity index (χ1v) is 9.49. The van der Waals surface area contributed by atoms with E-state index in [1.54, 1.807) is 24.3 Å². The zero-order valence-corrected chi connectivity index (χ0v) is 14.3. The topological polar surface area (TPSA) is 52.6 Å². The Morgan fingerprint density at radius 3 is 2.29 bits per heavy atom. The van der Waals surface area contributed by atoms with Gasteiger partial charge in [0, 0.05) is 23.1 Å². The van der Waals surface area contributed by atoms with Gasteiger partial charge in [-0.15, -0.1) is 0 Å². The van der Waals surface area contributed by atoms with Crippen LogP contribution in [0.5, 0.6) is 0 Å². The number of halogens is 1. The largest absolute Gasteiger partial charge is 0.466 e. The van der Waals surface area contributed by atoms with Crippen LogP contribution >= 0.6 is 11.6 Å². The standard InChI is InChI=1S/C14H19ClO4S2/c1-12(16)18-10-4-2-3-5-11-19-21(17,20)14-8-6-13(15)7-9-14/h6-9H,2-5,10-11H2,1H3. The van der Waals surface area contributed by atoms with Crippen molar-refractivity contribution in [2.45, 2.75) is 37.5 Å². The highest BCUT2D eigenvalue weighted by molar-refractivity contribution is 8.30. The Kier molecular flexibility index (Phi) is 8.18. The monoisotopic (exact) mass is 350 g/mol. The van der Waals surface area contributed by atoms with E-state index in [2.05, 4.69) is 0 Å². The summed E-state index contributed by atoms with van der Waals surface area (Å²) in [6, 6.07) is 6.52. The van der Waals surface area contributed by atoms with Crippen LogP contribution in [0.25, 0.3) is 0 Å². The average Bonchev–Trinajstić information content (AvgIpc) is 2.42. The van der Waals surface area contributed by atoms with E-state index in [9.17, 15) is 9.00 Å². The number of hydrogen-bond acceptors (Lipinski definition) is 5. The molecule has 0 radical (unpaired) electrons. The molecule has 0 bridgehead atoms. The van der Waals surface area contributed by atoms with E-state index in [0.29, 0.717) is 23.1 Å². The molecule has 0 saturated heterocycles. The Morgan fingerprint density at radius 2 is 1.71 bits per heavy atom. The number of esters is 1. The summed E-state index contributed by atoms with van der Waals surface area (Å²) in [5.74, 6) is -0.257. The van der Waals surface area contributed by atoms with E-state index < -0.39 is 8.77 Å². The first kappa shape index (κ1) is 18.4. The Hall–Kier alpha value is -0.690. The van der Waals surface area contributed by atoms with Crippen LogP contribution in [0.15, 0.2) is 29.2 Å². The van der Waals surface area contributed by atoms with Crippen LogP contribution in [0, 0.1) is 0 Å². The molecular weight excluding hydrogens is 332 g/mol. The van der Waals surface area contributed by atoms with Gasteiger partial charge in [-0.3, -0.25) is 8.98 Å². The highest BCUT2D eigenvalue weighted by atomic mass is 35.5. The second kappa shape index (κ2) is 9.35. The average molecular weight is 351 g/mol. The molecule has 4 nitrogen and oxygen atoms in total. The lowest BCUT2D eigenvalue weighted by molar-refractivity contribution is -0.141. The summed E-state index contributed by atoms with van der Waals surface area (Å²) < 4.78 is 22.3. The number of unbranched alkanes of at least 4 members (excludes halogenated alkanes) is 3. The molecule has 7 heteroatoms. The molecule has 118 valence electrons. The van der Waals surface area contributed by atoms with Gasteiger partial charge >= 0.3 is 5.97 Å². The van der Waals surface area contributed by atoms with E-state index in [1.165, 1.54) is 6.92 Å². The van der Waals surface area contributed by atoms with Crippen molar-refractivity contribution in [2.75, 3.05) is 13.2 Å². The summed E-state index contributed by atoms with van der Waals surface area (Å²) >= 11 is 10.8. The van der Waals surface area contributed by atoms with Gasteiger partial charge in [-0.25, -0.2) is 4.21 Å². The summed E-state index contributed by atoms with van der Waals surface area (Å²) in [5, 5.41) is 0.566. The maximum atomic E-state index is 12.2. The smallest absolute Gasteiger partial charge is 0.302 e. The lowest BCUT2D eigenvalue weighted by atomic mass is 10.2. The van der Waals surface area contributed by atoms with Crippen molar-refractivity contribution in [2.24, 2.45) is 0 Å². The van der Waals surface area contributed by atoms with Crippen molar-refractivity contribution in [1.29, 1.82) is 0 Å². The summed E-state index contributed by atoms with van der Waals surface area (Å²) in [5.41, 5.74) is 0. The van der Waals surface area contributed by atoms with Gasteiger partial charge in [0.05, 0.1) is 18.1 Å². The van der Waals surface area contributed by atoms with Crippen LogP contribution in [-0.4, -0.2) is 23.4 Å². The number of benzene rings is 1. The molecule has 21 heavy (non-hydrogen) atoms. The minimum atomic E-state index is -2.88. The van der Waals surface area contributed by atoms with Crippen molar-refractivity contribution in [3.8, 4) is 0 Å². The molecule has 0 aliphatic carbocycles. The minimum absolute atomic E-state index is 0.257. The highest BCUT2D eigenvalue weighted by Crippen LogP contribution is 2.17. The predicted molar refractivity (Wildman–Crippen MR) is 86.3 cm³/mol. The second-order valence-electron chi connectivity index (χ2n) is 4.48. The number of carbonyl (C=O) groups excluding carboxylic acids is 1. The van der Waals surface area contributed by atoms with E-state index in [1.807, 2.05) is 0 Å². The quantitative estimate of drug-likeness (QED) is 0.504. The van der Waals surface area contributed by atoms with Gasteiger partial charge in [0.15, 0.2) is 8.77 Å². The molecule has 0 N–H and O–H groups in total. The summed E-state index contributed by atoms with van der Waals surface area (Å²) in [6.07, 6.45) is 3.42. The van der Waals surface area contributed by atoms with Crippen molar-refractivity contribution in [3.05, 3.63) is 29.3 Å². The lowest BCUT2D eigenvalue weighted by Gasteiger charge is -2.08. The molecule has 1 aromatic carbocycles. The molecule has 0 fully saturated rings. The predicted octanol–water partition coefficient (Wildman–Crippen LogP) is 3.50. The van der Waals surface area contributed by atoms with Crippen molar-refractivity contribution in [3.63, 3.8) is 0 Å². The zero-order chi connectivity index (χ0) is 15.7. The van der Waals surface area contributed by atoms with E-state index in [4.69, 9.17) is 31.7 Å². The SMILES string of the molecule is CC(=O)OCCCCCCOS(=O)(=S)c1ccc(Cl)cc1. The third-order valence-electron chi connectivity index (χ3n) is 2.68. The number of carbonyl (C=O) groups is 1. The van der Waals surface area contributed by atoms with Gasteiger partial charge < -0.3 is 4.74 Å². The Morgan fingerprint density at radius 1 is 1.14 bits per heavy atom. The fraction of sp³-hybridized carbons (Fsp3) is 0.500. The van der Waals surface area contributed by atoms with Crippen LogP contribution in [0.4, 0.5) is 0 Å². The van der Waals surface area contributed by atoms with Crippen LogP contribution < -0.4 is 0 Å². The molecule has 0 aromatic heterocycles. The highest BCUT2D eigenvalue weighted by Gasteiger charge is 2.10. The van der Waals surface area contributed by atoms with E-state index in [0.717, 1.165) is 25.7 Å². The summed E-state index contributed by atoms with van der Waals surface area (Å²) in [7, 11) is -2.88. The van der Waals surface area contributed by atoms with Gasteiger partial charge in [-0.05, 0) is 43.5 Å². The first-order valence-electron chi connectivity index (χ1n) is 6.70. The molecule has 1 atom stereocenters. The van der Waals surface area contributed by atoms with Crippen molar-refractivity contribution >= 4 is 37.5 Å². The number of hydrogen-bond donors (Lipinski definition) is 0. The molecule has 1 aromatic rings. The van der Waals surface area contributed by atoms with Crippen LogP contribution in [0.1, 0.15) is 32.6 Å². The van der Waals surface area contributed by atoms with Crippen LogP contribution in [0.2, 0.25) is 5.02 Å². The van der Waals surface area contributed by atoms with Crippen molar-refractivity contribution in [1.82, 2.24) is 0 Å². The molecule has 1 rings (SSSR count). The summed E-state index contributed by atoms with van der Waals surface area (Å²) in [4.78, 5) is 11.0. The Balaban J connectivity index is 2.20. The maximum Gasteiger partial charge on any atom is 0.302 e. The van der Waals surface area contributed by atoms with Gasteiger partial charge in [-0.2, -0.15) is 0 Å². The molecule has 0 saturated carbocycles. The second-order valence-corrected chi connectivity index (χ2v) is 7.85. The molecular formula is C14H19ClO4S2. The maximum absolute atomic E-state index is 12.2. The summed E-state index contributed by atoms with van der Waals surface area (Å²) in [6.45, 7) is 2.18.